The molecule has 0 fully saturated rings. The van der Waals surface area contributed by atoms with Gasteiger partial charge in [-0.2, -0.15) is 0 Å². The number of rotatable bonds is 8. The first-order valence-corrected chi connectivity index (χ1v) is 8.80. The predicted octanol–water partition coefficient (Wildman–Crippen LogP) is 2.37. The number of hydrogen-bond acceptors (Lipinski definition) is 4. The third kappa shape index (κ3) is 5.20. The molecule has 0 aliphatic heterocycles. The van der Waals surface area contributed by atoms with Gasteiger partial charge in [-0.1, -0.05) is 37.3 Å². The van der Waals surface area contributed by atoms with E-state index in [1.54, 1.807) is 12.6 Å². The van der Waals surface area contributed by atoms with E-state index < -0.39 is 0 Å². The minimum absolute atomic E-state index is 0.584. The largest absolute Gasteiger partial charge is 0.467 e. The van der Waals surface area contributed by atoms with Crippen LogP contribution in [0.2, 0.25) is 0 Å². The summed E-state index contributed by atoms with van der Waals surface area (Å²) in [5.41, 5.74) is 1.17. The van der Waals surface area contributed by atoms with Crippen molar-refractivity contribution in [2.75, 3.05) is 6.54 Å². The smallest absolute Gasteiger partial charge is 0.192 e. The molecular formula is C19H24N6O. The summed E-state index contributed by atoms with van der Waals surface area (Å²) in [5, 5.41) is 14.7. The Hall–Kier alpha value is -3.09. The zero-order chi connectivity index (χ0) is 18.0. The average Bonchev–Trinajstić information content (AvgIpc) is 3.36. The Morgan fingerprint density at radius 1 is 1.15 bits per heavy atom. The lowest BCUT2D eigenvalue weighted by molar-refractivity contribution is 0.501. The Labute approximate surface area is 153 Å². The monoisotopic (exact) mass is 352 g/mol. The molecule has 7 nitrogen and oxygen atoms in total. The molecule has 2 aromatic heterocycles. The summed E-state index contributed by atoms with van der Waals surface area (Å²) in [6.45, 7) is 4.78. The van der Waals surface area contributed by atoms with Gasteiger partial charge in [0, 0.05) is 19.5 Å². The number of aliphatic imine (C=N–C) groups is 1. The van der Waals surface area contributed by atoms with Crippen LogP contribution >= 0.6 is 0 Å². The van der Waals surface area contributed by atoms with Gasteiger partial charge in [0.15, 0.2) is 5.96 Å². The van der Waals surface area contributed by atoms with Gasteiger partial charge in [0.2, 0.25) is 0 Å². The molecule has 0 atom stereocenters. The van der Waals surface area contributed by atoms with Crippen LogP contribution in [0.3, 0.4) is 0 Å². The molecule has 0 saturated carbocycles. The lowest BCUT2D eigenvalue weighted by Gasteiger charge is -2.13. The van der Waals surface area contributed by atoms with Gasteiger partial charge in [0.25, 0.3) is 0 Å². The summed E-state index contributed by atoms with van der Waals surface area (Å²) in [6, 6.07) is 14.0. The number of nitrogens with one attached hydrogen (secondary N) is 2. The Kier molecular flexibility index (Phi) is 6.41. The lowest BCUT2D eigenvalue weighted by atomic mass is 10.2. The molecule has 7 heteroatoms. The fourth-order valence-corrected chi connectivity index (χ4v) is 2.55. The molecule has 0 saturated heterocycles. The number of aryl methyl sites for hydroxylation is 1. The van der Waals surface area contributed by atoms with Gasteiger partial charge in [-0.25, -0.2) is 4.99 Å². The van der Waals surface area contributed by atoms with E-state index in [2.05, 4.69) is 44.9 Å². The molecule has 3 aromatic rings. The zero-order valence-electron chi connectivity index (χ0n) is 14.9. The van der Waals surface area contributed by atoms with Crippen molar-refractivity contribution in [3.05, 3.63) is 72.2 Å². The molecule has 0 radical (unpaired) electrons. The standard InChI is InChI=1S/C19H24N6O/c1-2-18-24-23-15-25(18)11-10-20-19(22-14-17-9-6-12-26-17)21-13-16-7-4-3-5-8-16/h3-9,12,15H,2,10-11,13-14H2,1H3,(H2,20,21,22). The number of hydrogen-bond donors (Lipinski definition) is 2. The molecule has 0 aliphatic rings. The van der Waals surface area contributed by atoms with Gasteiger partial charge >= 0.3 is 0 Å². The fraction of sp³-hybridized carbons (Fsp3) is 0.316. The Balaban J connectivity index is 1.58. The normalized spacial score (nSPS) is 11.5. The SMILES string of the molecule is CCc1nncn1CCNC(=NCc1ccccc1)NCc1ccco1. The first-order chi connectivity index (χ1) is 12.8. The third-order valence-electron chi connectivity index (χ3n) is 3.93. The van der Waals surface area contributed by atoms with E-state index in [0.29, 0.717) is 13.1 Å². The number of aromatic nitrogens is 3. The highest BCUT2D eigenvalue weighted by molar-refractivity contribution is 5.79. The Morgan fingerprint density at radius 2 is 2.04 bits per heavy atom. The van der Waals surface area contributed by atoms with Crippen LogP contribution in [-0.2, 0) is 26.1 Å². The zero-order valence-corrected chi connectivity index (χ0v) is 14.9. The molecule has 26 heavy (non-hydrogen) atoms. The van der Waals surface area contributed by atoms with E-state index >= 15 is 0 Å². The van der Waals surface area contributed by atoms with E-state index in [4.69, 9.17) is 4.42 Å². The van der Waals surface area contributed by atoms with Crippen molar-refractivity contribution in [1.82, 2.24) is 25.4 Å². The van der Waals surface area contributed by atoms with Gasteiger partial charge in [0.1, 0.15) is 17.9 Å². The molecular weight excluding hydrogens is 328 g/mol. The van der Waals surface area contributed by atoms with Crippen LogP contribution in [0, 0.1) is 0 Å². The van der Waals surface area contributed by atoms with Gasteiger partial charge in [-0.15, -0.1) is 10.2 Å². The summed E-state index contributed by atoms with van der Waals surface area (Å²) in [7, 11) is 0. The van der Waals surface area contributed by atoms with E-state index in [0.717, 1.165) is 37.1 Å². The Bertz CT molecular complexity index is 795. The lowest BCUT2D eigenvalue weighted by Crippen LogP contribution is -2.38. The molecule has 0 unspecified atom stereocenters. The van der Waals surface area contributed by atoms with Gasteiger partial charge in [-0.3, -0.25) is 0 Å². The molecule has 0 spiro atoms. The summed E-state index contributed by atoms with van der Waals surface area (Å²) in [6.07, 6.45) is 4.30. The summed E-state index contributed by atoms with van der Waals surface area (Å²) in [4.78, 5) is 4.67. The number of benzene rings is 1. The summed E-state index contributed by atoms with van der Waals surface area (Å²) in [5.74, 6) is 2.60. The molecule has 136 valence electrons. The van der Waals surface area contributed by atoms with Gasteiger partial charge in [0.05, 0.1) is 19.4 Å². The number of furan rings is 1. The van der Waals surface area contributed by atoms with Crippen molar-refractivity contribution in [1.29, 1.82) is 0 Å². The van der Waals surface area contributed by atoms with E-state index in [1.807, 2.05) is 34.9 Å². The highest BCUT2D eigenvalue weighted by Crippen LogP contribution is 2.01. The van der Waals surface area contributed by atoms with Crippen molar-refractivity contribution in [2.45, 2.75) is 33.0 Å². The van der Waals surface area contributed by atoms with Crippen LogP contribution in [0.4, 0.5) is 0 Å². The van der Waals surface area contributed by atoms with Gasteiger partial charge in [-0.05, 0) is 17.7 Å². The van der Waals surface area contributed by atoms with Gasteiger partial charge < -0.3 is 19.6 Å². The van der Waals surface area contributed by atoms with Crippen LogP contribution in [0.5, 0.6) is 0 Å². The predicted molar refractivity (Wildman–Crippen MR) is 101 cm³/mol. The number of nitrogens with zero attached hydrogens (tertiary/aromatic N) is 4. The molecule has 1 aromatic carbocycles. The topological polar surface area (TPSA) is 80.3 Å². The quantitative estimate of drug-likeness (QED) is 0.481. The fourth-order valence-electron chi connectivity index (χ4n) is 2.55. The van der Waals surface area contributed by atoms with Crippen molar-refractivity contribution in [3.63, 3.8) is 0 Å². The highest BCUT2D eigenvalue weighted by atomic mass is 16.3. The van der Waals surface area contributed by atoms with Crippen molar-refractivity contribution < 1.29 is 4.42 Å². The van der Waals surface area contributed by atoms with E-state index in [9.17, 15) is 0 Å². The van der Waals surface area contributed by atoms with Crippen molar-refractivity contribution in [2.24, 2.45) is 4.99 Å². The second kappa shape index (κ2) is 9.41. The Morgan fingerprint density at radius 3 is 2.81 bits per heavy atom. The third-order valence-corrected chi connectivity index (χ3v) is 3.93. The molecule has 2 N–H and O–H groups in total. The van der Waals surface area contributed by atoms with Crippen LogP contribution in [-0.4, -0.2) is 27.3 Å². The maximum Gasteiger partial charge on any atom is 0.192 e. The van der Waals surface area contributed by atoms with Crippen LogP contribution < -0.4 is 10.6 Å². The average molecular weight is 352 g/mol. The highest BCUT2D eigenvalue weighted by Gasteiger charge is 2.04. The van der Waals surface area contributed by atoms with Crippen LogP contribution in [0.25, 0.3) is 0 Å². The second-order valence-electron chi connectivity index (χ2n) is 5.80. The molecule has 3 rings (SSSR count). The van der Waals surface area contributed by atoms with E-state index in [1.165, 1.54) is 5.56 Å². The molecule has 0 amide bonds. The molecule has 0 aliphatic carbocycles. The summed E-state index contributed by atoms with van der Waals surface area (Å²) >= 11 is 0. The first-order valence-electron chi connectivity index (χ1n) is 8.80. The van der Waals surface area contributed by atoms with E-state index in [-0.39, 0.29) is 0 Å². The minimum Gasteiger partial charge on any atom is -0.467 e. The van der Waals surface area contributed by atoms with Crippen LogP contribution in [0.15, 0.2) is 64.5 Å². The van der Waals surface area contributed by atoms with Crippen LogP contribution in [0.1, 0.15) is 24.1 Å². The molecule has 0 bridgehead atoms. The molecule has 2 heterocycles. The summed E-state index contributed by atoms with van der Waals surface area (Å²) < 4.78 is 7.42. The number of guanidine groups is 1. The van der Waals surface area contributed by atoms with Crippen molar-refractivity contribution in [3.8, 4) is 0 Å². The maximum atomic E-state index is 5.37. The minimum atomic E-state index is 0.584. The van der Waals surface area contributed by atoms with Crippen molar-refractivity contribution >= 4 is 5.96 Å². The first kappa shape index (κ1) is 17.7. The maximum absolute atomic E-state index is 5.37. The second-order valence-corrected chi connectivity index (χ2v) is 5.80.